The Hall–Kier alpha value is -0.860. The van der Waals surface area contributed by atoms with Crippen LogP contribution in [-0.2, 0) is 6.42 Å². The van der Waals surface area contributed by atoms with E-state index in [2.05, 4.69) is 48.3 Å². The van der Waals surface area contributed by atoms with Gasteiger partial charge in [-0.15, -0.1) is 0 Å². The van der Waals surface area contributed by atoms with Crippen molar-refractivity contribution in [2.24, 2.45) is 0 Å². The van der Waals surface area contributed by atoms with Crippen LogP contribution < -0.4 is 5.32 Å². The minimum Gasteiger partial charge on any atom is -0.309 e. The number of fused-ring (bicyclic) bond motifs is 1. The van der Waals surface area contributed by atoms with Crippen molar-refractivity contribution in [1.29, 1.82) is 0 Å². The Morgan fingerprint density at radius 2 is 2.00 bits per heavy atom. The van der Waals surface area contributed by atoms with Crippen molar-refractivity contribution in [3.63, 3.8) is 0 Å². The molecule has 16 heavy (non-hydrogen) atoms. The van der Waals surface area contributed by atoms with E-state index < -0.39 is 0 Å². The number of likely N-dealkylation sites (N-methyl/N-ethyl adjacent to an activating group) is 1. The molecular weight excluding hydrogens is 196 g/mol. The molecule has 1 aliphatic heterocycles. The lowest BCUT2D eigenvalue weighted by atomic mass is 9.94. The summed E-state index contributed by atoms with van der Waals surface area (Å²) in [4.78, 5) is 2.49. The fourth-order valence-electron chi connectivity index (χ4n) is 2.50. The zero-order chi connectivity index (χ0) is 11.4. The van der Waals surface area contributed by atoms with Crippen LogP contribution in [0.4, 0.5) is 0 Å². The van der Waals surface area contributed by atoms with Crippen molar-refractivity contribution in [3.8, 4) is 0 Å². The van der Waals surface area contributed by atoms with Crippen LogP contribution in [0.3, 0.4) is 0 Å². The molecule has 1 aromatic rings. The lowest BCUT2D eigenvalue weighted by Crippen LogP contribution is -2.38. The highest BCUT2D eigenvalue weighted by molar-refractivity contribution is 5.32. The number of nitrogens with zero attached hydrogens (tertiary/aromatic N) is 1. The van der Waals surface area contributed by atoms with Gasteiger partial charge in [0.15, 0.2) is 0 Å². The summed E-state index contributed by atoms with van der Waals surface area (Å²) in [5.41, 5.74) is 3.03. The SMILES string of the molecule is CCN(CC)CC1NCCc2ccccc21. The summed E-state index contributed by atoms with van der Waals surface area (Å²) in [7, 11) is 0. The van der Waals surface area contributed by atoms with Gasteiger partial charge in [-0.3, -0.25) is 0 Å². The molecule has 1 heterocycles. The molecule has 0 fully saturated rings. The maximum Gasteiger partial charge on any atom is 0.0452 e. The van der Waals surface area contributed by atoms with Gasteiger partial charge in [-0.25, -0.2) is 0 Å². The molecule has 0 bridgehead atoms. The molecule has 88 valence electrons. The average molecular weight is 218 g/mol. The fourth-order valence-corrected chi connectivity index (χ4v) is 2.50. The molecule has 2 nitrogen and oxygen atoms in total. The van der Waals surface area contributed by atoms with Gasteiger partial charge in [-0.1, -0.05) is 38.1 Å². The first kappa shape index (κ1) is 11.6. The summed E-state index contributed by atoms with van der Waals surface area (Å²) >= 11 is 0. The maximum atomic E-state index is 3.63. The van der Waals surface area contributed by atoms with Gasteiger partial charge in [0, 0.05) is 12.6 Å². The second kappa shape index (κ2) is 5.46. The number of hydrogen-bond donors (Lipinski definition) is 1. The van der Waals surface area contributed by atoms with E-state index >= 15 is 0 Å². The second-order valence-electron chi connectivity index (χ2n) is 4.44. The third-order valence-corrected chi connectivity index (χ3v) is 3.55. The lowest BCUT2D eigenvalue weighted by molar-refractivity contribution is 0.261. The van der Waals surface area contributed by atoms with Crippen LogP contribution in [0.5, 0.6) is 0 Å². The van der Waals surface area contributed by atoms with Crippen molar-refractivity contribution in [2.45, 2.75) is 26.3 Å². The molecule has 0 aromatic heterocycles. The van der Waals surface area contributed by atoms with Gasteiger partial charge < -0.3 is 10.2 Å². The largest absolute Gasteiger partial charge is 0.309 e. The third kappa shape index (κ3) is 2.45. The van der Waals surface area contributed by atoms with Gasteiger partial charge in [0.1, 0.15) is 0 Å². The molecule has 0 radical (unpaired) electrons. The summed E-state index contributed by atoms with van der Waals surface area (Å²) < 4.78 is 0. The fraction of sp³-hybridized carbons (Fsp3) is 0.571. The van der Waals surface area contributed by atoms with Gasteiger partial charge >= 0.3 is 0 Å². The topological polar surface area (TPSA) is 15.3 Å². The van der Waals surface area contributed by atoms with Crippen molar-refractivity contribution >= 4 is 0 Å². The second-order valence-corrected chi connectivity index (χ2v) is 4.44. The smallest absolute Gasteiger partial charge is 0.0452 e. The molecule has 1 unspecified atom stereocenters. The maximum absolute atomic E-state index is 3.63. The third-order valence-electron chi connectivity index (χ3n) is 3.55. The van der Waals surface area contributed by atoms with Crippen LogP contribution in [0.25, 0.3) is 0 Å². The minimum absolute atomic E-state index is 0.518. The van der Waals surface area contributed by atoms with Crippen LogP contribution in [0.15, 0.2) is 24.3 Å². The van der Waals surface area contributed by atoms with Crippen LogP contribution in [0.2, 0.25) is 0 Å². The van der Waals surface area contributed by atoms with Gasteiger partial charge in [0.05, 0.1) is 0 Å². The predicted octanol–water partition coefficient (Wildman–Crippen LogP) is 2.22. The quantitative estimate of drug-likeness (QED) is 0.833. The number of hydrogen-bond acceptors (Lipinski definition) is 2. The highest BCUT2D eigenvalue weighted by Gasteiger charge is 2.20. The van der Waals surface area contributed by atoms with E-state index in [1.165, 1.54) is 17.5 Å². The van der Waals surface area contributed by atoms with Gasteiger partial charge in [-0.05, 0) is 37.2 Å². The van der Waals surface area contributed by atoms with E-state index in [9.17, 15) is 0 Å². The summed E-state index contributed by atoms with van der Waals surface area (Å²) in [6.07, 6.45) is 1.17. The molecule has 0 saturated carbocycles. The average Bonchev–Trinajstić information content (AvgIpc) is 2.36. The minimum atomic E-state index is 0.518. The summed E-state index contributed by atoms with van der Waals surface area (Å²) in [6, 6.07) is 9.37. The Bertz CT molecular complexity index is 331. The molecule has 0 amide bonds. The predicted molar refractivity (Wildman–Crippen MR) is 68.7 cm³/mol. The standard InChI is InChI=1S/C14H22N2/c1-3-16(4-2)11-14-13-8-6-5-7-12(13)9-10-15-14/h5-8,14-15H,3-4,9-11H2,1-2H3. The Labute approximate surface area is 98.7 Å². The van der Waals surface area contributed by atoms with E-state index in [0.717, 1.165) is 26.2 Å². The number of benzene rings is 1. The number of rotatable bonds is 4. The molecule has 1 N–H and O–H groups in total. The first-order chi connectivity index (χ1) is 7.85. The summed E-state index contributed by atoms with van der Waals surface area (Å²) in [5.74, 6) is 0. The molecule has 0 spiro atoms. The molecule has 2 rings (SSSR count). The van der Waals surface area contributed by atoms with E-state index in [-0.39, 0.29) is 0 Å². The summed E-state index contributed by atoms with van der Waals surface area (Å²) in [6.45, 7) is 8.98. The molecule has 0 saturated heterocycles. The van der Waals surface area contributed by atoms with Crippen molar-refractivity contribution < 1.29 is 0 Å². The van der Waals surface area contributed by atoms with E-state index in [1.54, 1.807) is 0 Å². The first-order valence-corrected chi connectivity index (χ1v) is 6.38. The zero-order valence-corrected chi connectivity index (χ0v) is 10.4. The van der Waals surface area contributed by atoms with Crippen LogP contribution in [-0.4, -0.2) is 31.1 Å². The van der Waals surface area contributed by atoms with Crippen molar-refractivity contribution in [2.75, 3.05) is 26.2 Å². The molecule has 0 aliphatic carbocycles. The monoisotopic (exact) mass is 218 g/mol. The highest BCUT2D eigenvalue weighted by Crippen LogP contribution is 2.23. The molecule has 1 atom stereocenters. The number of nitrogens with one attached hydrogen (secondary N) is 1. The van der Waals surface area contributed by atoms with E-state index in [4.69, 9.17) is 0 Å². The Kier molecular flexibility index (Phi) is 3.97. The zero-order valence-electron chi connectivity index (χ0n) is 10.4. The van der Waals surface area contributed by atoms with Gasteiger partial charge in [0.2, 0.25) is 0 Å². The highest BCUT2D eigenvalue weighted by atomic mass is 15.1. The summed E-state index contributed by atoms with van der Waals surface area (Å²) in [5, 5.41) is 3.63. The van der Waals surface area contributed by atoms with Gasteiger partial charge in [0.25, 0.3) is 0 Å². The Morgan fingerprint density at radius 1 is 1.25 bits per heavy atom. The van der Waals surface area contributed by atoms with Crippen molar-refractivity contribution in [3.05, 3.63) is 35.4 Å². The Morgan fingerprint density at radius 3 is 2.75 bits per heavy atom. The first-order valence-electron chi connectivity index (χ1n) is 6.38. The molecule has 2 heteroatoms. The van der Waals surface area contributed by atoms with Crippen LogP contribution in [0, 0.1) is 0 Å². The van der Waals surface area contributed by atoms with Gasteiger partial charge in [-0.2, -0.15) is 0 Å². The normalized spacial score (nSPS) is 19.8. The molecule has 1 aromatic carbocycles. The Balaban J connectivity index is 2.12. The molecular formula is C14H22N2. The van der Waals surface area contributed by atoms with Crippen LogP contribution in [0.1, 0.15) is 31.0 Å². The van der Waals surface area contributed by atoms with E-state index in [1.807, 2.05) is 0 Å². The van der Waals surface area contributed by atoms with Crippen molar-refractivity contribution in [1.82, 2.24) is 10.2 Å². The van der Waals surface area contributed by atoms with E-state index in [0.29, 0.717) is 6.04 Å². The molecule has 1 aliphatic rings. The lowest BCUT2D eigenvalue weighted by Gasteiger charge is -2.31. The van der Waals surface area contributed by atoms with Crippen LogP contribution >= 0.6 is 0 Å².